The second-order valence-electron chi connectivity index (χ2n) is 0.772. The molecule has 0 saturated carbocycles. The van der Waals surface area contributed by atoms with Gasteiger partial charge in [-0.3, -0.25) is 0 Å². The molecule has 1 atom stereocenters. The van der Waals surface area contributed by atoms with Crippen LogP contribution in [0.25, 0.3) is 0 Å². The van der Waals surface area contributed by atoms with Gasteiger partial charge in [0.15, 0.2) is 0 Å². The summed E-state index contributed by atoms with van der Waals surface area (Å²) in [5, 5.41) is 17.1. The zero-order valence-electron chi connectivity index (χ0n) is 3.02. The van der Waals surface area contributed by atoms with E-state index >= 15 is 0 Å². The van der Waals surface area contributed by atoms with Crippen molar-refractivity contribution in [3.05, 3.63) is 0 Å². The topological polar surface area (TPSA) is 43.7 Å². The Bertz CT molecular complexity index is 67.7. The maximum atomic E-state index is 10.9. The minimum absolute atomic E-state index is 1.09. The van der Waals surface area contributed by atoms with Gasteiger partial charge in [0.05, 0.1) is 0 Å². The number of alkyl halides is 1. The number of rotatable bonds is 1. The highest BCUT2D eigenvalue weighted by atomic mass is 19.1. The van der Waals surface area contributed by atoms with Crippen LogP contribution in [-0.4, -0.2) is 12.8 Å². The maximum absolute atomic E-state index is 10.9. The van der Waals surface area contributed by atoms with Crippen LogP contribution in [-0.2, 0) is 5.11 Å². The normalized spacial score (nSPS) is 12.8. The van der Waals surface area contributed by atoms with E-state index < -0.39 is 12.8 Å². The van der Waals surface area contributed by atoms with Crippen molar-refractivity contribution in [3.8, 4) is 6.07 Å². The molecule has 3 heteroatoms. The van der Waals surface area contributed by atoms with Crippen molar-refractivity contribution in [1.82, 2.24) is 0 Å². The third kappa shape index (κ3) is 1.68. The fourth-order valence-corrected chi connectivity index (χ4v) is 0.0345. The van der Waals surface area contributed by atoms with Crippen molar-refractivity contribution >= 4 is 0 Å². The summed E-state index contributed by atoms with van der Waals surface area (Å²) in [5.41, 5.74) is 0. The molecule has 1 unspecified atom stereocenters. The molecule has 0 N–H and O–H groups in total. The van der Waals surface area contributed by atoms with Crippen LogP contribution in [0.3, 0.4) is 0 Å². The first kappa shape index (κ1) is 5.38. The predicted molar refractivity (Wildman–Crippen MR) is 16.1 cm³/mol. The zero-order valence-corrected chi connectivity index (χ0v) is 3.02. The predicted octanol–water partition coefficient (Wildman–Crippen LogP) is 0.279. The Morgan fingerprint density at radius 2 is 2.50 bits per heavy atom. The molecule has 6 heavy (non-hydrogen) atoms. The van der Waals surface area contributed by atoms with Gasteiger partial charge in [0.2, 0.25) is 6.10 Å². The zero-order chi connectivity index (χ0) is 4.99. The standard InChI is InChI=1S/C3H3FNO/c4-1-3(6)2-5/h3H,1H2. The van der Waals surface area contributed by atoms with Crippen LogP contribution in [0.15, 0.2) is 0 Å². The first-order valence-electron chi connectivity index (χ1n) is 1.42. The molecule has 2 nitrogen and oxygen atoms in total. The van der Waals surface area contributed by atoms with Crippen molar-refractivity contribution in [2.24, 2.45) is 0 Å². The summed E-state index contributed by atoms with van der Waals surface area (Å²) >= 11 is 0. The lowest BCUT2D eigenvalue weighted by atomic mass is 10.5. The van der Waals surface area contributed by atoms with Gasteiger partial charge >= 0.3 is 0 Å². The molecule has 0 aromatic carbocycles. The van der Waals surface area contributed by atoms with Gasteiger partial charge in [0.25, 0.3) is 0 Å². The number of hydrogen-bond acceptors (Lipinski definition) is 1. The molecule has 1 radical (unpaired) electrons. The Kier molecular flexibility index (Phi) is 2.34. The lowest BCUT2D eigenvalue weighted by molar-refractivity contribution is 0.110. The van der Waals surface area contributed by atoms with Crippen LogP contribution in [0, 0.1) is 11.3 Å². The minimum Gasteiger partial charge on any atom is -0.247 e. The first-order valence-corrected chi connectivity index (χ1v) is 1.42. The van der Waals surface area contributed by atoms with Crippen molar-refractivity contribution in [2.45, 2.75) is 6.10 Å². The first-order chi connectivity index (χ1) is 2.81. The Morgan fingerprint density at radius 1 is 2.00 bits per heavy atom. The van der Waals surface area contributed by atoms with E-state index in [0.29, 0.717) is 0 Å². The van der Waals surface area contributed by atoms with Gasteiger partial charge in [-0.25, -0.2) is 9.50 Å². The summed E-state index contributed by atoms with van der Waals surface area (Å²) in [6.07, 6.45) is -1.68. The average Bonchev–Trinajstić information content (AvgIpc) is 1.65. The molecule has 33 valence electrons. The van der Waals surface area contributed by atoms with E-state index in [1.54, 1.807) is 0 Å². The lowest BCUT2D eigenvalue weighted by Crippen LogP contribution is -2.00. The minimum atomic E-state index is -1.68. The van der Waals surface area contributed by atoms with Crippen LogP contribution < -0.4 is 0 Å². The molecule has 0 saturated heterocycles. The summed E-state index contributed by atoms with van der Waals surface area (Å²) in [4.78, 5) is 0. The van der Waals surface area contributed by atoms with E-state index in [-0.39, 0.29) is 0 Å². The van der Waals surface area contributed by atoms with E-state index in [9.17, 15) is 9.50 Å². The second-order valence-corrected chi connectivity index (χ2v) is 0.772. The SMILES string of the molecule is N#CC([O])CF. The third-order valence-electron chi connectivity index (χ3n) is 0.284. The summed E-state index contributed by atoms with van der Waals surface area (Å²) < 4.78 is 10.9. The fourth-order valence-electron chi connectivity index (χ4n) is 0.0345. The maximum Gasteiger partial charge on any atom is 0.207 e. The summed E-state index contributed by atoms with van der Waals surface area (Å²) in [7, 11) is 0. The van der Waals surface area contributed by atoms with Gasteiger partial charge in [0.1, 0.15) is 12.7 Å². The van der Waals surface area contributed by atoms with Gasteiger partial charge in [-0.15, -0.1) is 0 Å². The molecular weight excluding hydrogens is 85.0 g/mol. The summed E-state index contributed by atoms with van der Waals surface area (Å²) in [6.45, 7) is -1.09. The Hall–Kier alpha value is -0.620. The highest BCUT2D eigenvalue weighted by Gasteiger charge is 1.97. The molecule has 0 spiro atoms. The van der Waals surface area contributed by atoms with Crippen LogP contribution in [0.1, 0.15) is 0 Å². The van der Waals surface area contributed by atoms with Gasteiger partial charge in [-0.05, 0) is 0 Å². The molecule has 0 amide bonds. The van der Waals surface area contributed by atoms with Crippen LogP contribution >= 0.6 is 0 Å². The summed E-state index contributed by atoms with van der Waals surface area (Å²) in [5.74, 6) is 0. The van der Waals surface area contributed by atoms with E-state index in [4.69, 9.17) is 5.26 Å². The Balaban J connectivity index is 3.04. The van der Waals surface area contributed by atoms with Crippen LogP contribution in [0.5, 0.6) is 0 Å². The Labute approximate surface area is 34.8 Å². The lowest BCUT2D eigenvalue weighted by Gasteiger charge is -1.80. The van der Waals surface area contributed by atoms with Gasteiger partial charge in [-0.2, -0.15) is 5.26 Å². The van der Waals surface area contributed by atoms with Crippen LogP contribution in [0.2, 0.25) is 0 Å². The fraction of sp³-hybridized carbons (Fsp3) is 0.667. The number of nitrogens with zero attached hydrogens (tertiary/aromatic N) is 1. The quantitative estimate of drug-likeness (QED) is 0.454. The van der Waals surface area contributed by atoms with E-state index in [1.165, 1.54) is 6.07 Å². The van der Waals surface area contributed by atoms with Crippen molar-refractivity contribution in [3.63, 3.8) is 0 Å². The molecule has 0 aliphatic heterocycles. The van der Waals surface area contributed by atoms with Gasteiger partial charge in [-0.1, -0.05) is 0 Å². The molecular formula is C3H3FNO. The molecule has 0 heterocycles. The van der Waals surface area contributed by atoms with Crippen LogP contribution in [0.4, 0.5) is 4.39 Å². The molecule has 0 aliphatic rings. The Morgan fingerprint density at radius 3 is 2.50 bits per heavy atom. The molecule has 0 fully saturated rings. The van der Waals surface area contributed by atoms with E-state index in [0.717, 1.165) is 0 Å². The smallest absolute Gasteiger partial charge is 0.207 e. The molecule has 0 aliphatic carbocycles. The average molecular weight is 88.1 g/mol. The van der Waals surface area contributed by atoms with Gasteiger partial charge in [0, 0.05) is 0 Å². The second kappa shape index (κ2) is 2.61. The number of nitriles is 1. The molecule has 0 rings (SSSR count). The van der Waals surface area contributed by atoms with Gasteiger partial charge < -0.3 is 0 Å². The van der Waals surface area contributed by atoms with Crippen molar-refractivity contribution in [2.75, 3.05) is 6.67 Å². The van der Waals surface area contributed by atoms with E-state index in [1.807, 2.05) is 0 Å². The summed E-state index contributed by atoms with van der Waals surface area (Å²) in [6, 6.07) is 1.18. The molecule has 0 aromatic rings. The third-order valence-corrected chi connectivity index (χ3v) is 0.284. The molecule has 0 bridgehead atoms. The monoisotopic (exact) mass is 88.0 g/mol. The number of hydrogen-bond donors (Lipinski definition) is 0. The largest absolute Gasteiger partial charge is 0.247 e. The highest BCUT2D eigenvalue weighted by molar-refractivity contribution is 4.80. The van der Waals surface area contributed by atoms with E-state index in [2.05, 4.69) is 0 Å². The van der Waals surface area contributed by atoms with Crippen molar-refractivity contribution in [1.29, 1.82) is 5.26 Å². The van der Waals surface area contributed by atoms with Crippen molar-refractivity contribution < 1.29 is 9.50 Å². The number of halogens is 1. The molecule has 0 aromatic heterocycles. The highest BCUT2D eigenvalue weighted by Crippen LogP contribution is 1.77.